The number of methoxy groups -OCH3 is 1. The molecule has 0 aromatic heterocycles. The van der Waals surface area contributed by atoms with Gasteiger partial charge in [0.05, 0.1) is 7.11 Å². The van der Waals surface area contributed by atoms with Crippen molar-refractivity contribution in [2.24, 2.45) is 5.92 Å². The molecule has 0 fully saturated rings. The van der Waals surface area contributed by atoms with Crippen molar-refractivity contribution in [3.63, 3.8) is 0 Å². The zero-order chi connectivity index (χ0) is 17.1. The number of benzene rings is 1. The predicted molar refractivity (Wildman–Crippen MR) is 86.6 cm³/mol. The molecule has 0 aliphatic rings. The first-order valence-corrected chi connectivity index (χ1v) is 8.95. The third-order valence-electron chi connectivity index (χ3n) is 3.04. The van der Waals surface area contributed by atoms with Crippen LogP contribution in [0.15, 0.2) is 21.5 Å². The fourth-order valence-corrected chi connectivity index (χ4v) is 3.80. The zero-order valence-electron chi connectivity index (χ0n) is 12.9. The summed E-state index contributed by atoms with van der Waals surface area (Å²) >= 11 is 3.27. The number of carboxylic acid groups (broad SMARTS) is 1. The maximum absolute atomic E-state index is 12.5. The van der Waals surface area contributed by atoms with Gasteiger partial charge in [-0.25, -0.2) is 8.42 Å². The van der Waals surface area contributed by atoms with Crippen LogP contribution in [0.5, 0.6) is 5.75 Å². The van der Waals surface area contributed by atoms with Crippen molar-refractivity contribution in [3.05, 3.63) is 22.2 Å². The fourth-order valence-electron chi connectivity index (χ4n) is 1.93. The van der Waals surface area contributed by atoms with Gasteiger partial charge in [-0.05, 0) is 37.0 Å². The monoisotopic (exact) mass is 393 g/mol. The molecular formula is C14H20BrNO5S. The average Bonchev–Trinajstić information content (AvgIpc) is 2.39. The van der Waals surface area contributed by atoms with Crippen LogP contribution in [-0.4, -0.2) is 32.6 Å². The third kappa shape index (κ3) is 4.69. The maximum Gasteiger partial charge on any atom is 0.321 e. The van der Waals surface area contributed by atoms with Gasteiger partial charge in [0.15, 0.2) is 0 Å². The summed E-state index contributed by atoms with van der Waals surface area (Å²) in [5.74, 6) is -1.00. The van der Waals surface area contributed by atoms with E-state index in [0.29, 0.717) is 4.47 Å². The highest BCUT2D eigenvalue weighted by Crippen LogP contribution is 2.30. The Kier molecular flexibility index (Phi) is 6.39. The Morgan fingerprint density at radius 3 is 2.45 bits per heavy atom. The fraction of sp³-hybridized carbons (Fsp3) is 0.500. The Bertz CT molecular complexity index is 657. The topological polar surface area (TPSA) is 92.7 Å². The molecule has 0 aliphatic carbocycles. The minimum Gasteiger partial charge on any atom is -0.495 e. The Balaban J connectivity index is 3.23. The Morgan fingerprint density at radius 2 is 2.00 bits per heavy atom. The number of hydrogen-bond acceptors (Lipinski definition) is 4. The first-order valence-electron chi connectivity index (χ1n) is 6.67. The molecule has 0 unspecified atom stereocenters. The first kappa shape index (κ1) is 18.9. The van der Waals surface area contributed by atoms with Gasteiger partial charge in [-0.15, -0.1) is 0 Å². The standard InChI is InChI=1S/C14H20BrNO5S/c1-8(2)5-11(14(17)18)16-22(19,20)13-7-10(15)9(3)6-12(13)21-4/h6-8,11,16H,5H2,1-4H3,(H,17,18)/t11-/m1/s1. The van der Waals surface area contributed by atoms with E-state index in [4.69, 9.17) is 4.74 Å². The molecule has 6 nitrogen and oxygen atoms in total. The van der Waals surface area contributed by atoms with Crippen molar-refractivity contribution in [1.29, 1.82) is 0 Å². The highest BCUT2D eigenvalue weighted by molar-refractivity contribution is 9.10. The van der Waals surface area contributed by atoms with Crippen LogP contribution in [0.25, 0.3) is 0 Å². The highest BCUT2D eigenvalue weighted by atomic mass is 79.9. The van der Waals surface area contributed by atoms with E-state index in [2.05, 4.69) is 20.7 Å². The molecule has 0 bridgehead atoms. The van der Waals surface area contributed by atoms with Gasteiger partial charge in [0.2, 0.25) is 10.0 Å². The maximum atomic E-state index is 12.5. The minimum absolute atomic E-state index is 0.0375. The SMILES string of the molecule is COc1cc(C)c(Br)cc1S(=O)(=O)N[C@H](CC(C)C)C(=O)O. The highest BCUT2D eigenvalue weighted by Gasteiger charge is 2.28. The molecule has 8 heteroatoms. The van der Waals surface area contributed by atoms with E-state index in [-0.39, 0.29) is 23.0 Å². The van der Waals surface area contributed by atoms with E-state index in [1.165, 1.54) is 13.2 Å². The van der Waals surface area contributed by atoms with Crippen molar-refractivity contribution in [2.45, 2.75) is 38.1 Å². The van der Waals surface area contributed by atoms with Gasteiger partial charge in [-0.2, -0.15) is 4.72 Å². The van der Waals surface area contributed by atoms with E-state index in [1.807, 2.05) is 13.8 Å². The van der Waals surface area contributed by atoms with Crippen LogP contribution in [0, 0.1) is 12.8 Å². The van der Waals surface area contributed by atoms with Gasteiger partial charge in [-0.1, -0.05) is 29.8 Å². The molecule has 1 aromatic carbocycles. The van der Waals surface area contributed by atoms with Crippen LogP contribution >= 0.6 is 15.9 Å². The summed E-state index contributed by atoms with van der Waals surface area (Å²) in [6.07, 6.45) is 0.198. The van der Waals surface area contributed by atoms with E-state index in [0.717, 1.165) is 5.56 Å². The molecule has 1 rings (SSSR count). The summed E-state index contributed by atoms with van der Waals surface area (Å²) in [7, 11) is -2.65. The lowest BCUT2D eigenvalue weighted by Crippen LogP contribution is -2.41. The Hall–Kier alpha value is -1.12. The molecule has 2 N–H and O–H groups in total. The average molecular weight is 394 g/mol. The second-order valence-electron chi connectivity index (χ2n) is 5.39. The Morgan fingerprint density at radius 1 is 1.41 bits per heavy atom. The third-order valence-corrected chi connectivity index (χ3v) is 5.38. The molecule has 1 atom stereocenters. The molecule has 22 heavy (non-hydrogen) atoms. The lowest BCUT2D eigenvalue weighted by molar-refractivity contribution is -0.139. The van der Waals surface area contributed by atoms with Gasteiger partial charge in [0.25, 0.3) is 0 Å². The van der Waals surface area contributed by atoms with Crippen LogP contribution in [0.4, 0.5) is 0 Å². The van der Waals surface area contributed by atoms with Crippen LogP contribution in [0.2, 0.25) is 0 Å². The van der Waals surface area contributed by atoms with Crippen LogP contribution in [-0.2, 0) is 14.8 Å². The summed E-state index contributed by atoms with van der Waals surface area (Å²) in [6.45, 7) is 5.45. The molecule has 0 aliphatic heterocycles. The smallest absolute Gasteiger partial charge is 0.321 e. The van der Waals surface area contributed by atoms with Crippen molar-refractivity contribution < 1.29 is 23.1 Å². The van der Waals surface area contributed by atoms with E-state index in [9.17, 15) is 18.3 Å². The number of ether oxygens (including phenoxy) is 1. The lowest BCUT2D eigenvalue weighted by atomic mass is 10.1. The van der Waals surface area contributed by atoms with Crippen LogP contribution in [0.3, 0.4) is 0 Å². The molecule has 0 radical (unpaired) electrons. The molecular weight excluding hydrogens is 374 g/mol. The normalized spacial score (nSPS) is 13.2. The predicted octanol–water partition coefficient (Wildman–Crippen LogP) is 2.54. The van der Waals surface area contributed by atoms with Crippen LogP contribution < -0.4 is 9.46 Å². The molecule has 0 saturated carbocycles. The van der Waals surface area contributed by atoms with Gasteiger partial charge < -0.3 is 9.84 Å². The van der Waals surface area contributed by atoms with Crippen molar-refractivity contribution in [1.82, 2.24) is 4.72 Å². The zero-order valence-corrected chi connectivity index (χ0v) is 15.3. The molecule has 0 amide bonds. The lowest BCUT2D eigenvalue weighted by Gasteiger charge is -2.18. The van der Waals surface area contributed by atoms with Crippen molar-refractivity contribution in [3.8, 4) is 5.75 Å². The minimum atomic E-state index is -4.02. The molecule has 0 spiro atoms. The molecule has 0 heterocycles. The largest absolute Gasteiger partial charge is 0.495 e. The second-order valence-corrected chi connectivity index (χ2v) is 7.93. The summed E-state index contributed by atoms with van der Waals surface area (Å²) in [5, 5.41) is 9.19. The van der Waals surface area contributed by atoms with E-state index < -0.39 is 22.0 Å². The van der Waals surface area contributed by atoms with E-state index >= 15 is 0 Å². The number of aliphatic carboxylic acids is 1. The number of hydrogen-bond donors (Lipinski definition) is 2. The van der Waals surface area contributed by atoms with Gasteiger partial charge in [0, 0.05) is 4.47 Å². The number of halogens is 1. The number of carbonyl (C=O) groups is 1. The van der Waals surface area contributed by atoms with Crippen molar-refractivity contribution >= 4 is 31.9 Å². The van der Waals surface area contributed by atoms with Gasteiger partial charge in [-0.3, -0.25) is 4.79 Å². The molecule has 124 valence electrons. The summed E-state index contributed by atoms with van der Waals surface area (Å²) in [4.78, 5) is 11.2. The van der Waals surface area contributed by atoms with E-state index in [1.54, 1.807) is 13.0 Å². The first-order chi connectivity index (χ1) is 10.1. The molecule has 1 aromatic rings. The number of carboxylic acids is 1. The summed E-state index contributed by atoms with van der Waals surface area (Å²) in [5.41, 5.74) is 0.813. The van der Waals surface area contributed by atoms with Gasteiger partial charge in [0.1, 0.15) is 16.7 Å². The Labute approximate surface area is 139 Å². The van der Waals surface area contributed by atoms with Gasteiger partial charge >= 0.3 is 5.97 Å². The summed E-state index contributed by atoms with van der Waals surface area (Å²) < 4.78 is 32.9. The summed E-state index contributed by atoms with van der Waals surface area (Å²) in [6, 6.07) is 1.80. The number of nitrogens with one attached hydrogen (secondary N) is 1. The second kappa shape index (κ2) is 7.43. The van der Waals surface area contributed by atoms with Crippen LogP contribution in [0.1, 0.15) is 25.8 Å². The quantitative estimate of drug-likeness (QED) is 0.742. The number of sulfonamides is 1. The number of rotatable bonds is 7. The van der Waals surface area contributed by atoms with Crippen molar-refractivity contribution in [2.75, 3.05) is 7.11 Å². The number of aryl methyl sites for hydroxylation is 1. The molecule has 0 saturated heterocycles.